The van der Waals surface area contributed by atoms with Gasteiger partial charge in [-0.3, -0.25) is 0 Å². The van der Waals surface area contributed by atoms with Crippen LogP contribution >= 0.6 is 0 Å². The molecule has 0 saturated carbocycles. The maximum Gasteiger partial charge on any atom is 0.164 e. The van der Waals surface area contributed by atoms with E-state index in [1.54, 1.807) is 0 Å². The Morgan fingerprint density at radius 2 is 0.836 bits per heavy atom. The second kappa shape index (κ2) is 12.0. The number of nitrogens with zero attached hydrogens (tertiary/aromatic N) is 4. The number of nitriles is 1. The Hall–Kier alpha value is -7.48. The number of fused-ring (bicyclic) bond motifs is 11. The minimum Gasteiger partial charge on any atom is -0.208 e. The Morgan fingerprint density at radius 1 is 0.345 bits per heavy atom. The van der Waals surface area contributed by atoms with Crippen LogP contribution in [0.25, 0.3) is 78.3 Å². The van der Waals surface area contributed by atoms with Crippen molar-refractivity contribution in [1.29, 1.82) is 5.26 Å². The van der Waals surface area contributed by atoms with Crippen molar-refractivity contribution in [3.8, 4) is 73.6 Å². The van der Waals surface area contributed by atoms with Crippen LogP contribution in [0.3, 0.4) is 0 Å². The molecule has 1 heterocycles. The molecule has 0 radical (unpaired) electrons. The molecule has 55 heavy (non-hydrogen) atoms. The maximum absolute atomic E-state index is 10.0. The van der Waals surface area contributed by atoms with Gasteiger partial charge in [0.25, 0.3) is 0 Å². The van der Waals surface area contributed by atoms with Gasteiger partial charge in [0, 0.05) is 16.7 Å². The molecule has 0 bridgehead atoms. The fourth-order valence-electron chi connectivity index (χ4n) is 8.88. The summed E-state index contributed by atoms with van der Waals surface area (Å²) in [5.74, 6) is 1.90. The molecule has 0 fully saturated rings. The van der Waals surface area contributed by atoms with Crippen LogP contribution in [0, 0.1) is 11.3 Å². The summed E-state index contributed by atoms with van der Waals surface area (Å²) >= 11 is 0. The van der Waals surface area contributed by atoms with Crippen molar-refractivity contribution in [2.24, 2.45) is 0 Å². The van der Waals surface area contributed by atoms with E-state index in [0.29, 0.717) is 23.0 Å². The Bertz CT molecular complexity index is 3000. The lowest BCUT2D eigenvalue weighted by Crippen LogP contribution is -2.26. The zero-order valence-electron chi connectivity index (χ0n) is 29.6. The summed E-state index contributed by atoms with van der Waals surface area (Å²) in [6.45, 7) is 0. The lowest BCUT2D eigenvalue weighted by atomic mass is 9.70. The Kier molecular flexibility index (Phi) is 6.80. The summed E-state index contributed by atoms with van der Waals surface area (Å²) in [6.07, 6.45) is 0. The third-order valence-electron chi connectivity index (χ3n) is 11.4. The fourth-order valence-corrected chi connectivity index (χ4v) is 8.88. The monoisotopic (exact) mass is 698 g/mol. The van der Waals surface area contributed by atoms with Gasteiger partial charge in [-0.1, -0.05) is 158 Å². The summed E-state index contributed by atoms with van der Waals surface area (Å²) < 4.78 is 0. The summed E-state index contributed by atoms with van der Waals surface area (Å²) in [5.41, 5.74) is 14.9. The summed E-state index contributed by atoms with van der Waals surface area (Å²) in [4.78, 5) is 15.0. The van der Waals surface area contributed by atoms with E-state index in [2.05, 4.69) is 152 Å². The molecule has 4 nitrogen and oxygen atoms in total. The van der Waals surface area contributed by atoms with Crippen molar-refractivity contribution < 1.29 is 0 Å². The van der Waals surface area contributed by atoms with Gasteiger partial charge in [-0.05, 0) is 90.7 Å². The standard InChI is InChI=1S/C51H30N4/c52-31-32-18-26-42-43-27-25-38(30-47(43)51(46(42)28-32)44-16-8-6-14-40(44)41-15-7-9-17-45(41)51)34-19-22-36(23-20-34)49-53-48(35-11-2-1-3-12-35)54-50(55-49)39-24-21-33-10-4-5-13-37(33)29-39/h1-30H. The molecule has 254 valence electrons. The van der Waals surface area contributed by atoms with E-state index in [4.69, 9.17) is 15.0 Å². The largest absolute Gasteiger partial charge is 0.208 e. The molecule has 2 aliphatic rings. The lowest BCUT2D eigenvalue weighted by molar-refractivity contribution is 0.793. The molecule has 0 N–H and O–H groups in total. The average Bonchev–Trinajstić information content (AvgIpc) is 3.73. The summed E-state index contributed by atoms with van der Waals surface area (Å²) in [5, 5.41) is 12.3. The predicted octanol–water partition coefficient (Wildman–Crippen LogP) is 11.9. The zero-order valence-corrected chi connectivity index (χ0v) is 29.6. The van der Waals surface area contributed by atoms with Crippen LogP contribution in [0.15, 0.2) is 182 Å². The minimum absolute atomic E-state index is 0.529. The highest BCUT2D eigenvalue weighted by Gasteiger charge is 2.51. The molecule has 0 unspecified atom stereocenters. The van der Waals surface area contributed by atoms with Gasteiger partial charge in [0.2, 0.25) is 0 Å². The first-order valence-corrected chi connectivity index (χ1v) is 18.5. The number of aromatic nitrogens is 3. The van der Waals surface area contributed by atoms with Crippen molar-refractivity contribution in [3.63, 3.8) is 0 Å². The molecule has 0 atom stereocenters. The van der Waals surface area contributed by atoms with E-state index < -0.39 is 5.41 Å². The fraction of sp³-hybridized carbons (Fsp3) is 0.0196. The van der Waals surface area contributed by atoms with Crippen LogP contribution in [0.5, 0.6) is 0 Å². The van der Waals surface area contributed by atoms with Crippen LogP contribution < -0.4 is 0 Å². The van der Waals surface area contributed by atoms with E-state index in [-0.39, 0.29) is 0 Å². The van der Waals surface area contributed by atoms with Gasteiger partial charge in [-0.25, -0.2) is 15.0 Å². The van der Waals surface area contributed by atoms with Crippen LogP contribution in [0.1, 0.15) is 27.8 Å². The highest BCUT2D eigenvalue weighted by molar-refractivity contribution is 5.96. The predicted molar refractivity (Wildman–Crippen MR) is 220 cm³/mol. The second-order valence-electron chi connectivity index (χ2n) is 14.3. The molecule has 0 aliphatic heterocycles. The smallest absolute Gasteiger partial charge is 0.164 e. The molecule has 4 heteroatoms. The highest BCUT2D eigenvalue weighted by atomic mass is 15.0. The van der Waals surface area contributed by atoms with Crippen LogP contribution in [-0.2, 0) is 5.41 Å². The Morgan fingerprint density at radius 3 is 1.53 bits per heavy atom. The van der Waals surface area contributed by atoms with Gasteiger partial charge in [0.15, 0.2) is 17.5 Å². The van der Waals surface area contributed by atoms with Crippen molar-refractivity contribution in [2.75, 3.05) is 0 Å². The van der Waals surface area contributed by atoms with Crippen LogP contribution in [0.4, 0.5) is 0 Å². The van der Waals surface area contributed by atoms with Crippen LogP contribution in [-0.4, -0.2) is 15.0 Å². The molecule has 2 aliphatic carbocycles. The molecule has 11 rings (SSSR count). The van der Waals surface area contributed by atoms with Gasteiger partial charge >= 0.3 is 0 Å². The third-order valence-corrected chi connectivity index (χ3v) is 11.4. The summed E-state index contributed by atoms with van der Waals surface area (Å²) in [6, 6.07) is 66.3. The van der Waals surface area contributed by atoms with E-state index in [1.807, 2.05) is 36.4 Å². The first kappa shape index (κ1) is 31.1. The van der Waals surface area contributed by atoms with Crippen LogP contribution in [0.2, 0.25) is 0 Å². The molecule has 9 aromatic rings. The highest BCUT2D eigenvalue weighted by Crippen LogP contribution is 2.63. The van der Waals surface area contributed by atoms with Gasteiger partial charge < -0.3 is 0 Å². The van der Waals surface area contributed by atoms with E-state index in [1.165, 1.54) is 44.3 Å². The topological polar surface area (TPSA) is 62.5 Å². The SMILES string of the molecule is N#Cc1ccc2c(c1)C1(c3ccccc3-c3ccccc31)c1cc(-c3ccc(-c4nc(-c5ccccc5)nc(-c5ccc6ccccc6c5)n4)cc3)ccc1-2. The van der Waals surface area contributed by atoms with Gasteiger partial charge in [-0.15, -0.1) is 0 Å². The molecule has 1 spiro atoms. The van der Waals surface area contributed by atoms with Gasteiger partial charge in [-0.2, -0.15) is 5.26 Å². The molecule has 1 aromatic heterocycles. The van der Waals surface area contributed by atoms with Crippen molar-refractivity contribution in [3.05, 3.63) is 210 Å². The zero-order chi connectivity index (χ0) is 36.5. The molecular weight excluding hydrogens is 669 g/mol. The maximum atomic E-state index is 10.0. The Labute approximate surface area is 318 Å². The average molecular weight is 699 g/mol. The first-order valence-electron chi connectivity index (χ1n) is 18.5. The van der Waals surface area contributed by atoms with Crippen molar-refractivity contribution in [2.45, 2.75) is 5.41 Å². The molecule has 8 aromatic carbocycles. The van der Waals surface area contributed by atoms with E-state index in [9.17, 15) is 5.26 Å². The van der Waals surface area contributed by atoms with Crippen molar-refractivity contribution >= 4 is 10.8 Å². The quantitative estimate of drug-likeness (QED) is 0.184. The van der Waals surface area contributed by atoms with Crippen molar-refractivity contribution in [1.82, 2.24) is 15.0 Å². The minimum atomic E-state index is -0.529. The van der Waals surface area contributed by atoms with Gasteiger partial charge in [0.05, 0.1) is 17.0 Å². The van der Waals surface area contributed by atoms with E-state index >= 15 is 0 Å². The number of benzene rings is 8. The number of hydrogen-bond donors (Lipinski definition) is 0. The normalized spacial score (nSPS) is 12.9. The third kappa shape index (κ3) is 4.67. The lowest BCUT2D eigenvalue weighted by Gasteiger charge is -2.30. The van der Waals surface area contributed by atoms with Gasteiger partial charge in [0.1, 0.15) is 0 Å². The first-order chi connectivity index (χ1) is 27.2. The molecule has 0 amide bonds. The number of rotatable bonds is 4. The summed E-state index contributed by atoms with van der Waals surface area (Å²) in [7, 11) is 0. The number of hydrogen-bond acceptors (Lipinski definition) is 4. The molecule has 0 saturated heterocycles. The van der Waals surface area contributed by atoms with E-state index in [0.717, 1.165) is 38.8 Å². The second-order valence-corrected chi connectivity index (χ2v) is 14.3. The molecular formula is C51H30N4. The Balaban J connectivity index is 1.04.